The van der Waals surface area contributed by atoms with Crippen LogP contribution in [0.15, 0.2) is 36.8 Å². The number of hydrogen-bond donors (Lipinski definition) is 1. The molecule has 154 valence electrons. The van der Waals surface area contributed by atoms with E-state index in [1.807, 2.05) is 13.8 Å². The van der Waals surface area contributed by atoms with E-state index in [0.717, 1.165) is 34.7 Å². The van der Waals surface area contributed by atoms with Crippen LogP contribution in [0.1, 0.15) is 44.7 Å². The van der Waals surface area contributed by atoms with Gasteiger partial charge in [-0.3, -0.25) is 0 Å². The maximum Gasteiger partial charge on any atom is 0.170 e. The standard InChI is InChI=1S/C22H29N4O2P/c1-3-27-29(28-4-2)12-11-16-7-5-8-17(13-16)19-14-26(18-9-6-10-18)22-20(19)21(23)24-15-25-22/h5,7-8,13-15,18H,3-4,6,9-12H2,1-2H3,(H2,23,24,25). The van der Waals surface area contributed by atoms with E-state index in [0.29, 0.717) is 25.1 Å². The minimum atomic E-state index is -0.825. The molecule has 2 heterocycles. The van der Waals surface area contributed by atoms with Crippen LogP contribution in [0.5, 0.6) is 0 Å². The van der Waals surface area contributed by atoms with Crippen molar-refractivity contribution in [3.05, 3.63) is 42.4 Å². The molecule has 0 spiro atoms. The summed E-state index contributed by atoms with van der Waals surface area (Å²) in [4.78, 5) is 8.81. The molecule has 1 fully saturated rings. The van der Waals surface area contributed by atoms with E-state index in [1.165, 1.54) is 24.8 Å². The van der Waals surface area contributed by atoms with E-state index in [9.17, 15) is 0 Å². The second kappa shape index (κ2) is 9.21. The Balaban J connectivity index is 1.64. The van der Waals surface area contributed by atoms with Gasteiger partial charge in [0.15, 0.2) is 8.38 Å². The van der Waals surface area contributed by atoms with Crippen LogP contribution in [0.4, 0.5) is 5.82 Å². The van der Waals surface area contributed by atoms with Crippen molar-refractivity contribution in [3.63, 3.8) is 0 Å². The Labute approximate surface area is 173 Å². The summed E-state index contributed by atoms with van der Waals surface area (Å²) >= 11 is 0. The smallest absolute Gasteiger partial charge is 0.170 e. The first-order valence-corrected chi connectivity index (χ1v) is 11.8. The number of fused-ring (bicyclic) bond motifs is 1. The summed E-state index contributed by atoms with van der Waals surface area (Å²) in [6.45, 7) is 5.40. The number of hydrogen-bond acceptors (Lipinski definition) is 5. The van der Waals surface area contributed by atoms with Crippen LogP contribution in [0.2, 0.25) is 0 Å². The second-order valence-electron chi connectivity index (χ2n) is 7.33. The fourth-order valence-electron chi connectivity index (χ4n) is 3.84. The molecule has 0 saturated heterocycles. The summed E-state index contributed by atoms with van der Waals surface area (Å²) in [5.41, 5.74) is 10.8. The molecule has 1 aromatic carbocycles. The highest BCUT2D eigenvalue weighted by Gasteiger charge is 2.24. The largest absolute Gasteiger partial charge is 0.383 e. The number of nitrogens with zero attached hydrogens (tertiary/aromatic N) is 3. The predicted molar refractivity (Wildman–Crippen MR) is 119 cm³/mol. The van der Waals surface area contributed by atoms with E-state index in [1.54, 1.807) is 6.33 Å². The number of anilines is 1. The van der Waals surface area contributed by atoms with Crippen LogP contribution >= 0.6 is 8.38 Å². The molecule has 6 nitrogen and oxygen atoms in total. The van der Waals surface area contributed by atoms with E-state index in [4.69, 9.17) is 14.8 Å². The van der Waals surface area contributed by atoms with Crippen molar-refractivity contribution in [1.29, 1.82) is 0 Å². The lowest BCUT2D eigenvalue weighted by atomic mass is 9.93. The number of aryl methyl sites for hydroxylation is 1. The molecule has 1 aliphatic rings. The zero-order chi connectivity index (χ0) is 20.2. The fourth-order valence-corrected chi connectivity index (χ4v) is 5.19. The first-order valence-electron chi connectivity index (χ1n) is 10.4. The lowest BCUT2D eigenvalue weighted by molar-refractivity contribution is 0.269. The summed E-state index contributed by atoms with van der Waals surface area (Å²) in [5, 5.41) is 0.961. The van der Waals surface area contributed by atoms with E-state index < -0.39 is 8.38 Å². The van der Waals surface area contributed by atoms with E-state index >= 15 is 0 Å². The lowest BCUT2D eigenvalue weighted by Gasteiger charge is -2.27. The van der Waals surface area contributed by atoms with Crippen molar-refractivity contribution >= 4 is 25.2 Å². The molecule has 2 N–H and O–H groups in total. The van der Waals surface area contributed by atoms with Crippen LogP contribution in [0.25, 0.3) is 22.2 Å². The van der Waals surface area contributed by atoms with Crippen molar-refractivity contribution in [3.8, 4) is 11.1 Å². The van der Waals surface area contributed by atoms with Crippen LogP contribution in [0.3, 0.4) is 0 Å². The Kier molecular flexibility index (Phi) is 6.43. The van der Waals surface area contributed by atoms with Crippen LogP contribution in [-0.4, -0.2) is 33.9 Å². The Morgan fingerprint density at radius 2 is 1.97 bits per heavy atom. The monoisotopic (exact) mass is 412 g/mol. The third kappa shape index (κ3) is 4.30. The molecule has 3 aromatic rings. The topological polar surface area (TPSA) is 75.2 Å². The van der Waals surface area contributed by atoms with Crippen molar-refractivity contribution in [1.82, 2.24) is 14.5 Å². The maximum atomic E-state index is 6.28. The number of nitrogen functional groups attached to an aromatic ring is 1. The molecule has 1 aliphatic carbocycles. The number of benzene rings is 1. The zero-order valence-corrected chi connectivity index (χ0v) is 18.1. The molecule has 0 radical (unpaired) electrons. The average Bonchev–Trinajstić information content (AvgIpc) is 3.06. The van der Waals surface area contributed by atoms with Gasteiger partial charge in [0, 0.05) is 24.0 Å². The fraction of sp³-hybridized carbons (Fsp3) is 0.455. The molecule has 29 heavy (non-hydrogen) atoms. The number of nitrogens with two attached hydrogens (primary N) is 1. The quantitative estimate of drug-likeness (QED) is 0.481. The summed E-state index contributed by atoms with van der Waals surface area (Å²) in [6, 6.07) is 9.19. The highest BCUT2D eigenvalue weighted by atomic mass is 31.2. The third-order valence-corrected chi connectivity index (χ3v) is 7.16. The van der Waals surface area contributed by atoms with Gasteiger partial charge in [-0.05, 0) is 50.7 Å². The third-order valence-electron chi connectivity index (χ3n) is 5.47. The summed E-state index contributed by atoms with van der Waals surface area (Å²) in [7, 11) is -0.825. The lowest BCUT2D eigenvalue weighted by Crippen LogP contribution is -2.16. The van der Waals surface area contributed by atoms with Gasteiger partial charge in [-0.25, -0.2) is 9.97 Å². The molecule has 7 heteroatoms. The molecule has 0 atom stereocenters. The van der Waals surface area contributed by atoms with Gasteiger partial charge >= 0.3 is 0 Å². The van der Waals surface area contributed by atoms with Crippen LogP contribution in [0, 0.1) is 0 Å². The molecule has 0 aliphatic heterocycles. The highest BCUT2D eigenvalue weighted by molar-refractivity contribution is 7.47. The van der Waals surface area contributed by atoms with Gasteiger partial charge in [0.1, 0.15) is 17.8 Å². The van der Waals surface area contributed by atoms with Crippen molar-refractivity contribution < 1.29 is 9.05 Å². The van der Waals surface area contributed by atoms with E-state index in [-0.39, 0.29) is 0 Å². The zero-order valence-electron chi connectivity index (χ0n) is 17.2. The average molecular weight is 412 g/mol. The Morgan fingerprint density at radius 1 is 1.17 bits per heavy atom. The normalized spacial score (nSPS) is 14.6. The molecular weight excluding hydrogens is 383 g/mol. The summed E-state index contributed by atoms with van der Waals surface area (Å²) in [5.74, 6) is 0.546. The summed E-state index contributed by atoms with van der Waals surface area (Å²) < 4.78 is 13.8. The Morgan fingerprint density at radius 3 is 2.66 bits per heavy atom. The molecule has 0 unspecified atom stereocenters. The van der Waals surface area contributed by atoms with Crippen LogP contribution in [-0.2, 0) is 15.5 Å². The van der Waals surface area contributed by atoms with E-state index in [2.05, 4.69) is 45.0 Å². The van der Waals surface area contributed by atoms with Crippen molar-refractivity contribution in [2.24, 2.45) is 0 Å². The molecular formula is C22H29N4O2P. The van der Waals surface area contributed by atoms with Gasteiger partial charge in [0.05, 0.1) is 18.6 Å². The molecule has 0 bridgehead atoms. The van der Waals surface area contributed by atoms with Gasteiger partial charge < -0.3 is 19.3 Å². The molecule has 0 amide bonds. The Bertz CT molecular complexity index is 965. The number of rotatable bonds is 9. The minimum absolute atomic E-state index is 0.518. The van der Waals surface area contributed by atoms with Gasteiger partial charge in [-0.15, -0.1) is 0 Å². The maximum absolute atomic E-state index is 6.28. The van der Waals surface area contributed by atoms with Crippen molar-refractivity contribution in [2.75, 3.05) is 25.1 Å². The van der Waals surface area contributed by atoms with Gasteiger partial charge in [0.25, 0.3) is 0 Å². The van der Waals surface area contributed by atoms with Gasteiger partial charge in [0.2, 0.25) is 0 Å². The summed E-state index contributed by atoms with van der Waals surface area (Å²) in [6.07, 6.45) is 9.28. The van der Waals surface area contributed by atoms with Gasteiger partial charge in [-0.1, -0.05) is 24.3 Å². The minimum Gasteiger partial charge on any atom is -0.383 e. The second-order valence-corrected chi connectivity index (χ2v) is 8.96. The molecule has 2 aromatic heterocycles. The highest BCUT2D eigenvalue weighted by Crippen LogP contribution is 2.41. The molecule has 1 saturated carbocycles. The van der Waals surface area contributed by atoms with Crippen molar-refractivity contribution in [2.45, 2.75) is 45.6 Å². The van der Waals surface area contributed by atoms with Crippen LogP contribution < -0.4 is 5.73 Å². The van der Waals surface area contributed by atoms with Gasteiger partial charge in [-0.2, -0.15) is 0 Å². The number of aromatic nitrogens is 3. The first kappa shape index (κ1) is 20.3. The molecule has 4 rings (SSSR count). The Hall–Kier alpha value is -2.01. The predicted octanol–water partition coefficient (Wildman–Crippen LogP) is 5.33. The first-order chi connectivity index (χ1) is 14.2. The SMILES string of the molecule is CCOP(CCc1cccc(-c2cn(C3CCC3)c3ncnc(N)c23)c1)OCC.